The standard InChI is InChI=1S/C21H15F4NO2S2/c22-21(23,24)12-14(16-9-5-11-29-16)18-19-15(8-4-10-17(19)30(25,27)28)26-20(18)13-6-2-1-3-7-13/h1-11,14,26H,12H2. The molecule has 156 valence electrons. The van der Waals surface area contributed by atoms with Crippen molar-refractivity contribution in [2.75, 3.05) is 0 Å². The predicted octanol–water partition coefficient (Wildman–Crippen LogP) is 6.64. The van der Waals surface area contributed by atoms with E-state index in [2.05, 4.69) is 4.98 Å². The van der Waals surface area contributed by atoms with Gasteiger partial charge in [0.05, 0.1) is 12.1 Å². The molecule has 0 saturated heterocycles. The maximum atomic E-state index is 14.1. The second-order valence-electron chi connectivity index (χ2n) is 6.78. The third kappa shape index (κ3) is 3.99. The number of H-pyrrole nitrogens is 1. The highest BCUT2D eigenvalue weighted by molar-refractivity contribution is 7.86. The normalized spacial score (nSPS) is 13.6. The minimum atomic E-state index is -5.16. The summed E-state index contributed by atoms with van der Waals surface area (Å²) >= 11 is 1.14. The average Bonchev–Trinajstić information content (AvgIpc) is 3.33. The van der Waals surface area contributed by atoms with E-state index in [1.165, 1.54) is 12.1 Å². The van der Waals surface area contributed by atoms with E-state index in [-0.39, 0.29) is 16.5 Å². The van der Waals surface area contributed by atoms with Crippen molar-refractivity contribution >= 4 is 32.5 Å². The summed E-state index contributed by atoms with van der Waals surface area (Å²) in [5, 5.41) is 1.60. The first-order chi connectivity index (χ1) is 14.1. The molecule has 1 unspecified atom stereocenters. The molecule has 0 aliphatic rings. The monoisotopic (exact) mass is 453 g/mol. The Bertz CT molecular complexity index is 1280. The Hall–Kier alpha value is -2.65. The van der Waals surface area contributed by atoms with E-state index >= 15 is 0 Å². The first-order valence-electron chi connectivity index (χ1n) is 8.90. The Kier molecular flexibility index (Phi) is 5.19. The minimum absolute atomic E-state index is 0.0542. The van der Waals surface area contributed by atoms with Crippen LogP contribution in [0.5, 0.6) is 0 Å². The highest BCUT2D eigenvalue weighted by Crippen LogP contribution is 2.46. The van der Waals surface area contributed by atoms with Crippen molar-refractivity contribution in [2.24, 2.45) is 0 Å². The van der Waals surface area contributed by atoms with Gasteiger partial charge in [-0.25, -0.2) is 0 Å². The zero-order chi connectivity index (χ0) is 21.5. The lowest BCUT2D eigenvalue weighted by molar-refractivity contribution is -0.136. The molecule has 1 N–H and O–H groups in total. The van der Waals surface area contributed by atoms with Gasteiger partial charge in [-0.05, 0) is 34.7 Å². The fourth-order valence-electron chi connectivity index (χ4n) is 3.69. The second kappa shape index (κ2) is 7.55. The van der Waals surface area contributed by atoms with Crippen LogP contribution in [0, 0.1) is 0 Å². The number of hydrogen-bond donors (Lipinski definition) is 1. The smallest absolute Gasteiger partial charge is 0.354 e. The Balaban J connectivity index is 2.12. The number of aromatic amines is 1. The molecule has 2 heterocycles. The van der Waals surface area contributed by atoms with Gasteiger partial charge in [0.25, 0.3) is 0 Å². The van der Waals surface area contributed by atoms with Crippen LogP contribution in [0.15, 0.2) is 70.9 Å². The molecule has 0 saturated carbocycles. The fraction of sp³-hybridized carbons (Fsp3) is 0.143. The van der Waals surface area contributed by atoms with Gasteiger partial charge in [-0.1, -0.05) is 42.5 Å². The van der Waals surface area contributed by atoms with E-state index < -0.39 is 33.6 Å². The van der Waals surface area contributed by atoms with E-state index in [1.807, 2.05) is 0 Å². The Labute approximate surface area is 174 Å². The summed E-state index contributed by atoms with van der Waals surface area (Å²) in [7, 11) is -5.16. The van der Waals surface area contributed by atoms with Gasteiger partial charge < -0.3 is 4.98 Å². The molecular formula is C21H15F4NO2S2. The number of benzene rings is 2. The first kappa shape index (κ1) is 20.6. The van der Waals surface area contributed by atoms with Crippen molar-refractivity contribution < 1.29 is 25.5 Å². The average molecular weight is 453 g/mol. The molecule has 3 nitrogen and oxygen atoms in total. The third-order valence-electron chi connectivity index (χ3n) is 4.82. The van der Waals surface area contributed by atoms with Gasteiger partial charge in [-0.2, -0.15) is 21.6 Å². The Morgan fingerprint density at radius 1 is 0.967 bits per heavy atom. The predicted molar refractivity (Wildman–Crippen MR) is 109 cm³/mol. The summed E-state index contributed by atoms with van der Waals surface area (Å²) in [5.74, 6) is -1.20. The molecular weight excluding hydrogens is 438 g/mol. The van der Waals surface area contributed by atoms with Crippen LogP contribution in [-0.2, 0) is 10.2 Å². The van der Waals surface area contributed by atoms with Crippen molar-refractivity contribution in [1.82, 2.24) is 4.98 Å². The number of rotatable bonds is 5. The highest BCUT2D eigenvalue weighted by Gasteiger charge is 2.37. The Morgan fingerprint density at radius 3 is 2.30 bits per heavy atom. The number of fused-ring (bicyclic) bond motifs is 1. The van der Waals surface area contributed by atoms with E-state index in [0.29, 0.717) is 16.1 Å². The van der Waals surface area contributed by atoms with Crippen LogP contribution in [0.25, 0.3) is 22.2 Å². The van der Waals surface area contributed by atoms with Gasteiger partial charge in [-0.15, -0.1) is 15.2 Å². The number of thiophene rings is 1. The zero-order valence-corrected chi connectivity index (χ0v) is 16.9. The van der Waals surface area contributed by atoms with E-state index in [0.717, 1.165) is 17.4 Å². The number of alkyl halides is 3. The summed E-state index contributed by atoms with van der Waals surface area (Å²) in [5.41, 5.74) is 1.29. The first-order valence-corrected chi connectivity index (χ1v) is 11.2. The fourth-order valence-corrected chi connectivity index (χ4v) is 5.23. The second-order valence-corrected chi connectivity index (χ2v) is 9.08. The quantitative estimate of drug-likeness (QED) is 0.272. The van der Waals surface area contributed by atoms with Crippen LogP contribution in [0.2, 0.25) is 0 Å². The number of nitrogens with one attached hydrogen (secondary N) is 1. The third-order valence-corrected chi connectivity index (χ3v) is 6.67. The lowest BCUT2D eigenvalue weighted by Gasteiger charge is -2.20. The van der Waals surface area contributed by atoms with Gasteiger partial charge in [-0.3, -0.25) is 0 Å². The van der Waals surface area contributed by atoms with Gasteiger partial charge in [0.1, 0.15) is 4.90 Å². The summed E-state index contributed by atoms with van der Waals surface area (Å²) < 4.78 is 78.5. The largest absolute Gasteiger partial charge is 0.390 e. The van der Waals surface area contributed by atoms with Gasteiger partial charge in [0, 0.05) is 21.7 Å². The SMILES string of the molecule is O=S(=O)(F)c1cccc2[nH]c(-c3ccccc3)c(C(CC(F)(F)F)c3cccs3)c12. The minimum Gasteiger partial charge on any atom is -0.354 e. The maximum Gasteiger partial charge on any atom is 0.390 e. The summed E-state index contributed by atoms with van der Waals surface area (Å²) in [6, 6.07) is 15.8. The van der Waals surface area contributed by atoms with Crippen LogP contribution in [0.3, 0.4) is 0 Å². The molecule has 1 atom stereocenters. The van der Waals surface area contributed by atoms with Crippen molar-refractivity contribution in [1.29, 1.82) is 0 Å². The van der Waals surface area contributed by atoms with Crippen LogP contribution in [-0.4, -0.2) is 19.6 Å². The van der Waals surface area contributed by atoms with Crippen LogP contribution in [0.4, 0.5) is 17.1 Å². The van der Waals surface area contributed by atoms with E-state index in [1.54, 1.807) is 47.8 Å². The molecule has 0 bridgehead atoms. The van der Waals surface area contributed by atoms with Crippen molar-refractivity contribution in [3.63, 3.8) is 0 Å². The molecule has 2 aromatic heterocycles. The Morgan fingerprint density at radius 2 is 1.70 bits per heavy atom. The van der Waals surface area contributed by atoms with Gasteiger partial charge in [0.15, 0.2) is 0 Å². The van der Waals surface area contributed by atoms with Gasteiger partial charge >= 0.3 is 16.4 Å². The molecule has 4 aromatic rings. The van der Waals surface area contributed by atoms with Crippen LogP contribution < -0.4 is 0 Å². The summed E-state index contributed by atoms with van der Waals surface area (Å²) in [6.07, 6.45) is -5.73. The maximum absolute atomic E-state index is 14.1. The zero-order valence-electron chi connectivity index (χ0n) is 15.3. The molecule has 0 amide bonds. The molecule has 4 rings (SSSR count). The molecule has 2 aromatic carbocycles. The number of aromatic nitrogens is 1. The topological polar surface area (TPSA) is 49.9 Å². The van der Waals surface area contributed by atoms with E-state index in [9.17, 15) is 25.5 Å². The number of halogens is 4. The number of hydrogen-bond acceptors (Lipinski definition) is 3. The molecule has 0 radical (unpaired) electrons. The summed E-state index contributed by atoms with van der Waals surface area (Å²) in [6.45, 7) is 0. The molecule has 0 aliphatic heterocycles. The molecule has 0 aliphatic carbocycles. The van der Waals surface area contributed by atoms with Crippen LogP contribution in [0.1, 0.15) is 22.8 Å². The molecule has 30 heavy (non-hydrogen) atoms. The lowest BCUT2D eigenvalue weighted by Crippen LogP contribution is -2.15. The highest BCUT2D eigenvalue weighted by atomic mass is 32.3. The van der Waals surface area contributed by atoms with Crippen molar-refractivity contribution in [2.45, 2.75) is 23.4 Å². The van der Waals surface area contributed by atoms with E-state index in [4.69, 9.17) is 0 Å². The van der Waals surface area contributed by atoms with Crippen molar-refractivity contribution in [3.8, 4) is 11.3 Å². The lowest BCUT2D eigenvalue weighted by atomic mass is 9.89. The van der Waals surface area contributed by atoms with Gasteiger partial charge in [0.2, 0.25) is 0 Å². The summed E-state index contributed by atoms with van der Waals surface area (Å²) in [4.78, 5) is 2.80. The molecule has 0 fully saturated rings. The van der Waals surface area contributed by atoms with Crippen LogP contribution >= 0.6 is 11.3 Å². The van der Waals surface area contributed by atoms with Crippen molar-refractivity contribution in [3.05, 3.63) is 76.5 Å². The molecule has 9 heteroatoms. The molecule has 0 spiro atoms.